The number of allylic oxidation sites excluding steroid dienone is 1. The second kappa shape index (κ2) is 9.49. The number of benzene rings is 1. The molecule has 168 valence electrons. The minimum Gasteiger partial charge on any atom is -0.357 e. The molecule has 1 atom stereocenters. The van der Waals surface area contributed by atoms with Gasteiger partial charge in [-0.3, -0.25) is 9.59 Å². The van der Waals surface area contributed by atoms with Crippen LogP contribution in [-0.4, -0.2) is 24.3 Å². The highest BCUT2D eigenvalue weighted by atomic mass is 32.1. The number of rotatable bonds is 4. The summed E-state index contributed by atoms with van der Waals surface area (Å²) in [6.45, 7) is 0.238. The molecule has 2 aromatic rings. The van der Waals surface area contributed by atoms with Gasteiger partial charge in [0, 0.05) is 28.6 Å². The van der Waals surface area contributed by atoms with E-state index in [2.05, 4.69) is 33.0 Å². The maximum atomic E-state index is 13.3. The van der Waals surface area contributed by atoms with Gasteiger partial charge < -0.3 is 15.5 Å². The molecular formula is C26H31N3O2S. The van der Waals surface area contributed by atoms with Crippen molar-refractivity contribution in [3.05, 3.63) is 57.9 Å². The number of nitrogens with zero attached hydrogens (tertiary/aromatic N) is 1. The normalized spacial score (nSPS) is 21.8. The summed E-state index contributed by atoms with van der Waals surface area (Å²) in [7, 11) is 0. The summed E-state index contributed by atoms with van der Waals surface area (Å²) in [5, 5.41) is 8.93. The van der Waals surface area contributed by atoms with Crippen LogP contribution >= 0.6 is 11.3 Å². The van der Waals surface area contributed by atoms with Gasteiger partial charge in [-0.25, -0.2) is 0 Å². The van der Waals surface area contributed by atoms with Crippen LogP contribution in [0, 0.1) is 0 Å². The van der Waals surface area contributed by atoms with Crippen molar-refractivity contribution < 1.29 is 9.59 Å². The maximum Gasteiger partial charge on any atom is 0.239 e. The van der Waals surface area contributed by atoms with Crippen molar-refractivity contribution in [3.63, 3.8) is 0 Å². The van der Waals surface area contributed by atoms with Gasteiger partial charge in [0.1, 0.15) is 0 Å². The Balaban J connectivity index is 1.52. The minimum atomic E-state index is -0.242. The summed E-state index contributed by atoms with van der Waals surface area (Å²) < 4.78 is 0. The molecule has 0 unspecified atom stereocenters. The van der Waals surface area contributed by atoms with E-state index in [4.69, 9.17) is 0 Å². The number of carbonyl (C=O) groups excluding carboxylic acids is 2. The summed E-state index contributed by atoms with van der Waals surface area (Å²) in [6.07, 6.45) is 9.31. The zero-order valence-electron chi connectivity index (χ0n) is 18.4. The van der Waals surface area contributed by atoms with Gasteiger partial charge in [0.2, 0.25) is 5.91 Å². The molecule has 1 aromatic heterocycles. The minimum absolute atomic E-state index is 0.0422. The van der Waals surface area contributed by atoms with Crippen LogP contribution in [0.1, 0.15) is 68.7 Å². The highest BCUT2D eigenvalue weighted by molar-refractivity contribution is 7.10. The Labute approximate surface area is 193 Å². The number of hydrogen-bond donors (Lipinski definition) is 2. The Kier molecular flexibility index (Phi) is 6.30. The lowest BCUT2D eigenvalue weighted by Crippen LogP contribution is -2.44. The molecular weight excluding hydrogens is 418 g/mol. The van der Waals surface area contributed by atoms with Crippen molar-refractivity contribution in [2.75, 3.05) is 16.8 Å². The third-order valence-corrected chi connectivity index (χ3v) is 7.81. The van der Waals surface area contributed by atoms with E-state index in [1.807, 2.05) is 24.3 Å². The molecule has 5 rings (SSSR count). The van der Waals surface area contributed by atoms with E-state index in [-0.39, 0.29) is 30.3 Å². The summed E-state index contributed by atoms with van der Waals surface area (Å²) in [6, 6.07) is 12.3. The predicted octanol–water partition coefficient (Wildman–Crippen LogP) is 5.57. The highest BCUT2D eigenvalue weighted by Gasteiger charge is 2.38. The first kappa shape index (κ1) is 21.3. The van der Waals surface area contributed by atoms with Crippen molar-refractivity contribution in [2.24, 2.45) is 0 Å². The molecule has 1 aromatic carbocycles. The fourth-order valence-corrected chi connectivity index (χ4v) is 6.21. The van der Waals surface area contributed by atoms with Crippen LogP contribution in [0.25, 0.3) is 0 Å². The van der Waals surface area contributed by atoms with E-state index in [0.717, 1.165) is 53.2 Å². The molecule has 1 saturated carbocycles. The van der Waals surface area contributed by atoms with Gasteiger partial charge in [0.15, 0.2) is 5.78 Å². The van der Waals surface area contributed by atoms with Crippen LogP contribution in [-0.2, 0) is 9.59 Å². The van der Waals surface area contributed by atoms with Crippen LogP contribution in [0.2, 0.25) is 0 Å². The van der Waals surface area contributed by atoms with Crippen LogP contribution < -0.4 is 15.5 Å². The molecule has 0 saturated heterocycles. The number of thiophene rings is 1. The summed E-state index contributed by atoms with van der Waals surface area (Å²) in [4.78, 5) is 29.8. The fraction of sp³-hybridized carbons (Fsp3) is 0.462. The van der Waals surface area contributed by atoms with Gasteiger partial charge in [-0.05, 0) is 49.3 Å². The van der Waals surface area contributed by atoms with E-state index in [1.54, 1.807) is 11.3 Å². The predicted molar refractivity (Wildman–Crippen MR) is 130 cm³/mol. The number of ketones is 1. The van der Waals surface area contributed by atoms with Crippen molar-refractivity contribution >= 4 is 34.4 Å². The largest absolute Gasteiger partial charge is 0.357 e. The Morgan fingerprint density at radius 1 is 1.03 bits per heavy atom. The van der Waals surface area contributed by atoms with E-state index in [1.165, 1.54) is 25.7 Å². The Hall–Kier alpha value is -2.60. The lowest BCUT2D eigenvalue weighted by Gasteiger charge is -2.34. The Morgan fingerprint density at radius 2 is 1.84 bits per heavy atom. The lowest BCUT2D eigenvalue weighted by molar-refractivity contribution is -0.121. The number of anilines is 2. The van der Waals surface area contributed by atoms with Gasteiger partial charge >= 0.3 is 0 Å². The zero-order chi connectivity index (χ0) is 21.9. The molecule has 0 radical (unpaired) electrons. The van der Waals surface area contributed by atoms with Gasteiger partial charge in [-0.15, -0.1) is 11.3 Å². The average molecular weight is 450 g/mol. The molecule has 0 bridgehead atoms. The molecule has 1 aliphatic heterocycles. The molecule has 6 heteroatoms. The van der Waals surface area contributed by atoms with Crippen LogP contribution in [0.5, 0.6) is 0 Å². The van der Waals surface area contributed by atoms with Crippen molar-refractivity contribution in [1.29, 1.82) is 0 Å². The molecule has 5 nitrogen and oxygen atoms in total. The number of fused-ring (bicyclic) bond motifs is 1. The number of amides is 1. The number of para-hydroxylation sites is 2. The van der Waals surface area contributed by atoms with E-state index < -0.39 is 0 Å². The fourth-order valence-electron chi connectivity index (χ4n) is 5.37. The Morgan fingerprint density at radius 3 is 2.62 bits per heavy atom. The standard InChI is InChI=1S/C26H31N3O2S/c30-22-14-7-12-20-25(22)26(23-15-8-16-32-23)29(21-13-6-5-11-19(21)28-20)17-24(31)27-18-9-3-1-2-4-10-18/h5-6,8,11,13,15-16,18,26,28H,1-4,7,9-10,12,14,17H2,(H,27,31)/t26-/m1/s1. The van der Waals surface area contributed by atoms with Crippen molar-refractivity contribution in [3.8, 4) is 0 Å². The molecule has 1 fully saturated rings. The number of Topliss-reactive ketones (excluding diaryl/α,β-unsaturated/α-hetero) is 1. The number of hydrogen-bond acceptors (Lipinski definition) is 5. The maximum absolute atomic E-state index is 13.3. The molecule has 1 amide bonds. The third kappa shape index (κ3) is 4.33. The van der Waals surface area contributed by atoms with Gasteiger partial charge in [0.05, 0.1) is 24.0 Å². The van der Waals surface area contributed by atoms with E-state index in [0.29, 0.717) is 6.42 Å². The van der Waals surface area contributed by atoms with Crippen LogP contribution in [0.15, 0.2) is 53.0 Å². The SMILES string of the molecule is O=C(CN1c2ccccc2NC2=C(C(=O)CCC2)[C@H]1c1cccs1)NC1CCCCCC1. The van der Waals surface area contributed by atoms with E-state index >= 15 is 0 Å². The first-order valence-electron chi connectivity index (χ1n) is 11.9. The lowest BCUT2D eigenvalue weighted by atomic mass is 9.88. The molecule has 2 N–H and O–H groups in total. The molecule has 2 heterocycles. The van der Waals surface area contributed by atoms with Crippen molar-refractivity contribution in [2.45, 2.75) is 69.9 Å². The molecule has 0 spiro atoms. The summed E-state index contributed by atoms with van der Waals surface area (Å²) in [5.74, 6) is 0.236. The molecule has 2 aliphatic carbocycles. The van der Waals surface area contributed by atoms with Crippen molar-refractivity contribution in [1.82, 2.24) is 5.32 Å². The number of carbonyl (C=O) groups is 2. The second-order valence-electron chi connectivity index (χ2n) is 9.11. The van der Waals surface area contributed by atoms with Crippen LogP contribution in [0.3, 0.4) is 0 Å². The third-order valence-electron chi connectivity index (χ3n) is 6.89. The quantitative estimate of drug-likeness (QED) is 0.599. The first-order valence-corrected chi connectivity index (χ1v) is 12.8. The zero-order valence-corrected chi connectivity index (χ0v) is 19.3. The number of nitrogens with one attached hydrogen (secondary N) is 2. The smallest absolute Gasteiger partial charge is 0.239 e. The molecule has 3 aliphatic rings. The van der Waals surface area contributed by atoms with E-state index in [9.17, 15) is 9.59 Å². The first-order chi connectivity index (χ1) is 15.7. The topological polar surface area (TPSA) is 61.4 Å². The van der Waals surface area contributed by atoms with Gasteiger partial charge in [0.25, 0.3) is 0 Å². The highest BCUT2D eigenvalue weighted by Crippen LogP contribution is 2.45. The van der Waals surface area contributed by atoms with Crippen LogP contribution in [0.4, 0.5) is 11.4 Å². The monoisotopic (exact) mass is 449 g/mol. The summed E-state index contributed by atoms with van der Waals surface area (Å²) in [5.41, 5.74) is 3.79. The Bertz CT molecular complexity index is 1010. The average Bonchev–Trinajstić information content (AvgIpc) is 3.13. The second-order valence-corrected chi connectivity index (χ2v) is 10.1. The van der Waals surface area contributed by atoms with Gasteiger partial charge in [-0.2, -0.15) is 0 Å². The molecule has 32 heavy (non-hydrogen) atoms. The summed E-state index contributed by atoms with van der Waals surface area (Å²) >= 11 is 1.65. The van der Waals surface area contributed by atoms with Gasteiger partial charge in [-0.1, -0.05) is 43.9 Å².